The molecular formula is C40H40N4O4. The van der Waals surface area contributed by atoms with E-state index in [1.54, 1.807) is 34.1 Å². The lowest BCUT2D eigenvalue weighted by molar-refractivity contribution is -0.168. The minimum absolute atomic E-state index is 0.0460. The number of aromatic hydroxyl groups is 1. The van der Waals surface area contributed by atoms with Gasteiger partial charge in [-0.15, -0.1) is 6.42 Å². The van der Waals surface area contributed by atoms with Gasteiger partial charge in [0.05, 0.1) is 19.1 Å². The van der Waals surface area contributed by atoms with Gasteiger partial charge >= 0.3 is 0 Å². The van der Waals surface area contributed by atoms with E-state index >= 15 is 0 Å². The molecule has 3 atom stereocenters. The van der Waals surface area contributed by atoms with Gasteiger partial charge in [0, 0.05) is 32.0 Å². The molecule has 2 fully saturated rings. The molecule has 48 heavy (non-hydrogen) atoms. The quantitative estimate of drug-likeness (QED) is 0.240. The standard InChI is InChI=1S/C40H40N4O4/c1-2-23-42-28-37(46)44-35(25-29-18-20-33(45)21-19-29)40(48)43(27-36(44)38(42)39(47)41-26-30-12-6-3-7-13-30)24-22-34(31-14-8-4-9-15-31)32-16-10-5-11-17-32/h1,3-21,34-36,38,45H,22-28H2,(H,41,47)/t35-,36+,38?/m0/s1. The van der Waals surface area contributed by atoms with Crippen molar-refractivity contribution in [2.24, 2.45) is 0 Å². The fourth-order valence-corrected chi connectivity index (χ4v) is 7.10. The van der Waals surface area contributed by atoms with Gasteiger partial charge in [0.1, 0.15) is 17.8 Å². The number of phenolic OH excluding ortho intramolecular Hbond substituents is 1. The average molecular weight is 641 g/mol. The number of fused-ring (bicyclic) bond motifs is 1. The molecule has 1 unspecified atom stereocenters. The van der Waals surface area contributed by atoms with Crippen LogP contribution in [0, 0.1) is 12.3 Å². The number of nitrogens with zero attached hydrogens (tertiary/aromatic N) is 3. The van der Waals surface area contributed by atoms with Crippen LogP contribution in [0.3, 0.4) is 0 Å². The summed E-state index contributed by atoms with van der Waals surface area (Å²) in [5, 5.41) is 13.0. The monoisotopic (exact) mass is 640 g/mol. The Morgan fingerprint density at radius 1 is 0.854 bits per heavy atom. The Labute approximate surface area is 282 Å². The van der Waals surface area contributed by atoms with E-state index < -0.39 is 18.1 Å². The van der Waals surface area contributed by atoms with Crippen molar-refractivity contribution in [3.8, 4) is 18.1 Å². The van der Waals surface area contributed by atoms with Crippen molar-refractivity contribution < 1.29 is 19.5 Å². The molecule has 2 N–H and O–H groups in total. The second-order valence-corrected chi connectivity index (χ2v) is 12.5. The molecule has 6 rings (SSSR count). The third-order valence-corrected chi connectivity index (χ3v) is 9.41. The molecule has 0 radical (unpaired) electrons. The van der Waals surface area contributed by atoms with Crippen LogP contribution in [0.15, 0.2) is 115 Å². The van der Waals surface area contributed by atoms with Gasteiger partial charge in [-0.05, 0) is 40.8 Å². The number of benzene rings is 4. The number of amides is 3. The van der Waals surface area contributed by atoms with Crippen LogP contribution in [0.25, 0.3) is 0 Å². The third-order valence-electron chi connectivity index (χ3n) is 9.41. The molecule has 2 aliphatic heterocycles. The van der Waals surface area contributed by atoms with Gasteiger partial charge < -0.3 is 20.2 Å². The molecule has 0 spiro atoms. The number of carbonyl (C=O) groups excluding carboxylic acids is 3. The van der Waals surface area contributed by atoms with Gasteiger partial charge in [0.25, 0.3) is 0 Å². The van der Waals surface area contributed by atoms with E-state index in [9.17, 15) is 19.5 Å². The molecule has 0 aliphatic carbocycles. The summed E-state index contributed by atoms with van der Waals surface area (Å²) in [6.07, 6.45) is 6.66. The summed E-state index contributed by atoms with van der Waals surface area (Å²) >= 11 is 0. The number of terminal acetylenes is 1. The summed E-state index contributed by atoms with van der Waals surface area (Å²) in [5.74, 6) is 2.18. The number of carbonyl (C=O) groups is 3. The van der Waals surface area contributed by atoms with Crippen molar-refractivity contribution in [1.29, 1.82) is 0 Å². The maximum absolute atomic E-state index is 14.4. The molecule has 4 aromatic rings. The lowest BCUT2D eigenvalue weighted by Crippen LogP contribution is -2.75. The highest BCUT2D eigenvalue weighted by Crippen LogP contribution is 2.32. The molecule has 3 amide bonds. The lowest BCUT2D eigenvalue weighted by Gasteiger charge is -2.53. The molecule has 2 heterocycles. The topological polar surface area (TPSA) is 93.2 Å². The van der Waals surface area contributed by atoms with Crippen LogP contribution < -0.4 is 5.32 Å². The second-order valence-electron chi connectivity index (χ2n) is 12.5. The fraction of sp³-hybridized carbons (Fsp3) is 0.275. The lowest BCUT2D eigenvalue weighted by atomic mass is 9.87. The molecule has 0 saturated carbocycles. The Kier molecular flexibility index (Phi) is 10.2. The molecular weight excluding hydrogens is 600 g/mol. The zero-order chi connectivity index (χ0) is 33.5. The van der Waals surface area contributed by atoms with Crippen molar-refractivity contribution in [3.63, 3.8) is 0 Å². The van der Waals surface area contributed by atoms with Crippen molar-refractivity contribution in [2.75, 3.05) is 26.2 Å². The van der Waals surface area contributed by atoms with Crippen LogP contribution in [0.1, 0.15) is 34.6 Å². The Balaban J connectivity index is 1.33. The van der Waals surface area contributed by atoms with Gasteiger partial charge in [-0.2, -0.15) is 0 Å². The highest BCUT2D eigenvalue weighted by molar-refractivity contribution is 5.94. The summed E-state index contributed by atoms with van der Waals surface area (Å²) in [4.78, 5) is 47.6. The smallest absolute Gasteiger partial charge is 0.245 e. The van der Waals surface area contributed by atoms with Crippen molar-refractivity contribution in [2.45, 2.75) is 43.4 Å². The number of hydrogen-bond acceptors (Lipinski definition) is 5. The van der Waals surface area contributed by atoms with Gasteiger partial charge in [-0.25, -0.2) is 0 Å². The number of nitrogens with one attached hydrogen (secondary N) is 1. The van der Waals surface area contributed by atoms with Crippen molar-refractivity contribution in [3.05, 3.63) is 138 Å². The summed E-state index contributed by atoms with van der Waals surface area (Å²) in [5.41, 5.74) is 4.07. The van der Waals surface area contributed by atoms with E-state index in [4.69, 9.17) is 6.42 Å². The predicted octanol–water partition coefficient (Wildman–Crippen LogP) is 4.20. The first kappa shape index (κ1) is 32.5. The third kappa shape index (κ3) is 7.27. The Morgan fingerprint density at radius 3 is 2.06 bits per heavy atom. The molecule has 0 bridgehead atoms. The Hall–Kier alpha value is -5.39. The number of phenols is 1. The van der Waals surface area contributed by atoms with Crippen molar-refractivity contribution >= 4 is 17.7 Å². The maximum Gasteiger partial charge on any atom is 0.245 e. The average Bonchev–Trinajstić information content (AvgIpc) is 3.11. The Bertz CT molecular complexity index is 1700. The zero-order valence-corrected chi connectivity index (χ0v) is 26.8. The van der Waals surface area contributed by atoms with E-state index in [1.807, 2.05) is 71.6 Å². The van der Waals surface area contributed by atoms with Crippen LogP contribution in [-0.2, 0) is 27.3 Å². The van der Waals surface area contributed by atoms with E-state index in [2.05, 4.69) is 35.5 Å². The van der Waals surface area contributed by atoms with E-state index in [1.165, 1.54) is 0 Å². The molecule has 4 aromatic carbocycles. The summed E-state index contributed by atoms with van der Waals surface area (Å²) in [6, 6.07) is 34.7. The van der Waals surface area contributed by atoms with Gasteiger partial charge in [0.2, 0.25) is 17.7 Å². The SMILES string of the molecule is C#CCN1CC(=O)N2[C@H](CN(CCC(c3ccccc3)c3ccccc3)C(=O)[C@@H]2Cc2ccc(O)cc2)C1C(=O)NCc1ccccc1. The van der Waals surface area contributed by atoms with E-state index in [0.29, 0.717) is 19.5 Å². The summed E-state index contributed by atoms with van der Waals surface area (Å²) in [7, 11) is 0. The first-order chi connectivity index (χ1) is 23.4. The minimum Gasteiger partial charge on any atom is -0.508 e. The van der Waals surface area contributed by atoms with Crippen LogP contribution in [0.2, 0.25) is 0 Å². The van der Waals surface area contributed by atoms with Gasteiger partial charge in [-0.1, -0.05) is 109 Å². The second kappa shape index (κ2) is 15.0. The van der Waals surface area contributed by atoms with E-state index in [0.717, 1.165) is 22.3 Å². The summed E-state index contributed by atoms with van der Waals surface area (Å²) < 4.78 is 0. The Morgan fingerprint density at radius 2 is 1.46 bits per heavy atom. The fourth-order valence-electron chi connectivity index (χ4n) is 7.10. The van der Waals surface area contributed by atoms with Gasteiger partial charge in [-0.3, -0.25) is 19.3 Å². The molecule has 2 saturated heterocycles. The predicted molar refractivity (Wildman–Crippen MR) is 185 cm³/mol. The highest BCUT2D eigenvalue weighted by atomic mass is 16.3. The number of piperazine rings is 2. The number of rotatable bonds is 11. The van der Waals surface area contributed by atoms with E-state index in [-0.39, 0.29) is 55.4 Å². The highest BCUT2D eigenvalue weighted by Gasteiger charge is 2.52. The van der Waals surface area contributed by atoms with Crippen LogP contribution in [0.4, 0.5) is 0 Å². The largest absolute Gasteiger partial charge is 0.508 e. The zero-order valence-electron chi connectivity index (χ0n) is 26.8. The van der Waals surface area contributed by atoms with Crippen LogP contribution >= 0.6 is 0 Å². The summed E-state index contributed by atoms with van der Waals surface area (Å²) in [6.45, 7) is 1.03. The maximum atomic E-state index is 14.4. The molecule has 0 aromatic heterocycles. The molecule has 8 heteroatoms. The van der Waals surface area contributed by atoms with Gasteiger partial charge in [0.15, 0.2) is 0 Å². The molecule has 244 valence electrons. The molecule has 2 aliphatic rings. The van der Waals surface area contributed by atoms with Crippen LogP contribution in [-0.4, -0.2) is 81.8 Å². The number of hydrogen-bond donors (Lipinski definition) is 2. The molecule has 8 nitrogen and oxygen atoms in total. The van der Waals surface area contributed by atoms with Crippen molar-refractivity contribution in [1.82, 2.24) is 20.0 Å². The first-order valence-corrected chi connectivity index (χ1v) is 16.4. The minimum atomic E-state index is -0.815. The normalized spacial score (nSPS) is 19.5. The van der Waals surface area contributed by atoms with Crippen LogP contribution in [0.5, 0.6) is 5.75 Å². The first-order valence-electron chi connectivity index (χ1n) is 16.4.